The van der Waals surface area contributed by atoms with E-state index in [1.807, 2.05) is 6.92 Å². The summed E-state index contributed by atoms with van der Waals surface area (Å²) >= 11 is 3.40. The predicted octanol–water partition coefficient (Wildman–Crippen LogP) is 4.57. The molecule has 0 bridgehead atoms. The van der Waals surface area contributed by atoms with Crippen molar-refractivity contribution in [2.75, 3.05) is 0 Å². The first-order valence-corrected chi connectivity index (χ1v) is 7.54. The zero-order chi connectivity index (χ0) is 14.8. The molecular weight excluding hydrogens is 317 g/mol. The average Bonchev–Trinajstić information content (AvgIpc) is 2.42. The minimum atomic E-state index is -0.480. The van der Waals surface area contributed by atoms with E-state index in [4.69, 9.17) is 5.73 Å². The SMILES string of the molecule is CCc1ccc(C(C)(N)Cc2ccc(F)cc2Br)cc1. The normalized spacial score (nSPS) is 14.1. The Hall–Kier alpha value is -1.19. The third kappa shape index (κ3) is 3.47. The lowest BCUT2D eigenvalue weighted by molar-refractivity contribution is 0.489. The third-order valence-corrected chi connectivity index (χ3v) is 4.33. The molecule has 1 unspecified atom stereocenters. The fourth-order valence-corrected chi connectivity index (χ4v) is 2.77. The van der Waals surface area contributed by atoms with E-state index >= 15 is 0 Å². The van der Waals surface area contributed by atoms with E-state index in [0.29, 0.717) is 6.42 Å². The Morgan fingerprint density at radius 2 is 1.80 bits per heavy atom. The third-order valence-electron chi connectivity index (χ3n) is 3.59. The molecule has 0 fully saturated rings. The van der Waals surface area contributed by atoms with E-state index in [1.54, 1.807) is 6.07 Å². The van der Waals surface area contributed by atoms with E-state index in [-0.39, 0.29) is 5.82 Å². The molecule has 0 saturated carbocycles. The van der Waals surface area contributed by atoms with Gasteiger partial charge in [0.2, 0.25) is 0 Å². The zero-order valence-electron chi connectivity index (χ0n) is 11.8. The summed E-state index contributed by atoms with van der Waals surface area (Å²) in [5.41, 5.74) is 9.37. The Morgan fingerprint density at radius 1 is 1.15 bits per heavy atom. The van der Waals surface area contributed by atoms with Crippen molar-refractivity contribution in [2.24, 2.45) is 5.73 Å². The van der Waals surface area contributed by atoms with Crippen molar-refractivity contribution >= 4 is 15.9 Å². The summed E-state index contributed by atoms with van der Waals surface area (Å²) in [6.45, 7) is 4.13. The Bertz CT molecular complexity index is 590. The van der Waals surface area contributed by atoms with Gasteiger partial charge in [-0.1, -0.05) is 53.2 Å². The summed E-state index contributed by atoms with van der Waals surface area (Å²) in [5.74, 6) is -0.244. The lowest BCUT2D eigenvalue weighted by Gasteiger charge is -2.26. The second-order valence-electron chi connectivity index (χ2n) is 5.38. The summed E-state index contributed by atoms with van der Waals surface area (Å²) in [6, 6.07) is 13.1. The molecule has 2 N–H and O–H groups in total. The Labute approximate surface area is 128 Å². The molecule has 0 aliphatic carbocycles. The van der Waals surface area contributed by atoms with Crippen LogP contribution in [0.3, 0.4) is 0 Å². The van der Waals surface area contributed by atoms with Crippen molar-refractivity contribution in [3.8, 4) is 0 Å². The standard InChI is InChI=1S/C17H19BrFN/c1-3-12-4-7-14(8-5-12)17(2,20)11-13-6-9-15(19)10-16(13)18/h4-10H,3,11,20H2,1-2H3. The van der Waals surface area contributed by atoms with Crippen LogP contribution in [0.2, 0.25) is 0 Å². The van der Waals surface area contributed by atoms with Gasteiger partial charge in [-0.3, -0.25) is 0 Å². The number of halogens is 2. The lowest BCUT2D eigenvalue weighted by Crippen LogP contribution is -2.35. The molecule has 0 aromatic heterocycles. The fourth-order valence-electron chi connectivity index (χ4n) is 2.28. The summed E-state index contributed by atoms with van der Waals surface area (Å²) < 4.78 is 13.9. The van der Waals surface area contributed by atoms with E-state index < -0.39 is 5.54 Å². The minimum absolute atomic E-state index is 0.244. The van der Waals surface area contributed by atoms with Gasteiger partial charge in [0.05, 0.1) is 0 Å². The highest BCUT2D eigenvalue weighted by Crippen LogP contribution is 2.27. The highest BCUT2D eigenvalue weighted by Gasteiger charge is 2.22. The van der Waals surface area contributed by atoms with Crippen molar-refractivity contribution in [1.82, 2.24) is 0 Å². The smallest absolute Gasteiger partial charge is 0.124 e. The molecule has 0 aliphatic rings. The summed E-state index contributed by atoms with van der Waals surface area (Å²) in [4.78, 5) is 0. The molecule has 1 atom stereocenters. The van der Waals surface area contributed by atoms with Crippen LogP contribution in [0.25, 0.3) is 0 Å². The van der Waals surface area contributed by atoms with Crippen molar-refractivity contribution in [2.45, 2.75) is 32.2 Å². The van der Waals surface area contributed by atoms with Gasteiger partial charge in [-0.25, -0.2) is 4.39 Å². The largest absolute Gasteiger partial charge is 0.321 e. The van der Waals surface area contributed by atoms with Crippen LogP contribution < -0.4 is 5.73 Å². The van der Waals surface area contributed by atoms with Crippen LogP contribution in [0.15, 0.2) is 46.9 Å². The molecule has 0 saturated heterocycles. The average molecular weight is 336 g/mol. The molecule has 0 aliphatic heterocycles. The monoisotopic (exact) mass is 335 g/mol. The zero-order valence-corrected chi connectivity index (χ0v) is 13.4. The van der Waals surface area contributed by atoms with E-state index in [9.17, 15) is 4.39 Å². The van der Waals surface area contributed by atoms with Crippen LogP contribution in [0.1, 0.15) is 30.5 Å². The van der Waals surface area contributed by atoms with E-state index in [0.717, 1.165) is 22.0 Å². The van der Waals surface area contributed by atoms with Crippen LogP contribution in [0.4, 0.5) is 4.39 Å². The lowest BCUT2D eigenvalue weighted by atomic mass is 9.86. The van der Waals surface area contributed by atoms with Gasteiger partial charge in [-0.15, -0.1) is 0 Å². The Kier molecular flexibility index (Phi) is 4.61. The Balaban J connectivity index is 2.25. The molecule has 0 amide bonds. The van der Waals surface area contributed by atoms with Crippen LogP contribution in [-0.2, 0) is 18.4 Å². The fraction of sp³-hybridized carbons (Fsp3) is 0.294. The molecule has 0 radical (unpaired) electrons. The van der Waals surface area contributed by atoms with Crippen LogP contribution >= 0.6 is 15.9 Å². The van der Waals surface area contributed by atoms with E-state index in [1.165, 1.54) is 17.7 Å². The summed E-state index contributed by atoms with van der Waals surface area (Å²) in [5, 5.41) is 0. The maximum Gasteiger partial charge on any atom is 0.124 e. The van der Waals surface area contributed by atoms with Gasteiger partial charge in [-0.05, 0) is 48.6 Å². The second kappa shape index (κ2) is 6.06. The Morgan fingerprint density at radius 3 is 2.35 bits per heavy atom. The maximum absolute atomic E-state index is 13.1. The minimum Gasteiger partial charge on any atom is -0.321 e. The van der Waals surface area contributed by atoms with Crippen LogP contribution in [0.5, 0.6) is 0 Å². The summed E-state index contributed by atoms with van der Waals surface area (Å²) in [7, 11) is 0. The topological polar surface area (TPSA) is 26.0 Å². The van der Waals surface area contributed by atoms with Crippen molar-refractivity contribution < 1.29 is 4.39 Å². The molecule has 2 rings (SSSR count). The molecule has 2 aromatic carbocycles. The van der Waals surface area contributed by atoms with Gasteiger partial charge < -0.3 is 5.73 Å². The van der Waals surface area contributed by atoms with Crippen molar-refractivity contribution in [1.29, 1.82) is 0 Å². The highest BCUT2D eigenvalue weighted by molar-refractivity contribution is 9.10. The van der Waals surface area contributed by atoms with Gasteiger partial charge in [-0.2, -0.15) is 0 Å². The molecule has 20 heavy (non-hydrogen) atoms. The van der Waals surface area contributed by atoms with Crippen LogP contribution in [0, 0.1) is 5.82 Å². The van der Waals surface area contributed by atoms with Gasteiger partial charge in [0, 0.05) is 10.0 Å². The molecule has 106 valence electrons. The maximum atomic E-state index is 13.1. The van der Waals surface area contributed by atoms with Crippen LogP contribution in [-0.4, -0.2) is 0 Å². The molecular formula is C17H19BrFN. The first kappa shape index (κ1) is 15.2. The number of rotatable bonds is 4. The number of hydrogen-bond donors (Lipinski definition) is 1. The summed E-state index contributed by atoms with van der Waals surface area (Å²) in [6.07, 6.45) is 1.67. The first-order chi connectivity index (χ1) is 9.42. The predicted molar refractivity (Wildman–Crippen MR) is 85.2 cm³/mol. The quantitative estimate of drug-likeness (QED) is 0.870. The highest BCUT2D eigenvalue weighted by atomic mass is 79.9. The van der Waals surface area contributed by atoms with E-state index in [2.05, 4.69) is 47.1 Å². The number of aryl methyl sites for hydroxylation is 1. The molecule has 1 nitrogen and oxygen atoms in total. The first-order valence-electron chi connectivity index (χ1n) is 6.74. The molecule has 2 aromatic rings. The van der Waals surface area contributed by atoms with Crippen molar-refractivity contribution in [3.05, 3.63) is 69.4 Å². The molecule has 0 spiro atoms. The number of hydrogen-bond acceptors (Lipinski definition) is 1. The number of benzene rings is 2. The number of nitrogens with two attached hydrogens (primary N) is 1. The van der Waals surface area contributed by atoms with Gasteiger partial charge in [0.1, 0.15) is 5.82 Å². The van der Waals surface area contributed by atoms with Crippen molar-refractivity contribution in [3.63, 3.8) is 0 Å². The van der Waals surface area contributed by atoms with Gasteiger partial charge in [0.25, 0.3) is 0 Å². The van der Waals surface area contributed by atoms with Gasteiger partial charge in [0.15, 0.2) is 0 Å². The molecule has 3 heteroatoms. The molecule has 0 heterocycles. The second-order valence-corrected chi connectivity index (χ2v) is 6.23. The van der Waals surface area contributed by atoms with Gasteiger partial charge >= 0.3 is 0 Å².